The van der Waals surface area contributed by atoms with Gasteiger partial charge in [0.15, 0.2) is 11.2 Å². The van der Waals surface area contributed by atoms with Crippen molar-refractivity contribution < 1.29 is 13.3 Å². The first kappa shape index (κ1) is 30.3. The normalized spacial score (nSPS) is 11.7. The highest BCUT2D eigenvalue weighted by Gasteiger charge is 2.21. The van der Waals surface area contributed by atoms with Gasteiger partial charge in [-0.1, -0.05) is 109 Å². The zero-order chi connectivity index (χ0) is 35.6. The Morgan fingerprint density at radius 2 is 0.981 bits per heavy atom. The van der Waals surface area contributed by atoms with Gasteiger partial charge in [-0.3, -0.25) is 0 Å². The summed E-state index contributed by atoms with van der Waals surface area (Å²) in [6.45, 7) is 0. The van der Waals surface area contributed by atoms with Crippen LogP contribution in [0, 0.1) is 0 Å². The molecule has 0 unspecified atom stereocenters. The average Bonchev–Trinajstić information content (AvgIpc) is 3.95. The third kappa shape index (κ3) is 4.90. The number of furan rings is 2. The van der Waals surface area contributed by atoms with Gasteiger partial charge >= 0.3 is 0 Å². The molecule has 0 aliphatic carbocycles. The fourth-order valence-electron chi connectivity index (χ4n) is 7.73. The molecule has 0 N–H and O–H groups in total. The third-order valence-corrected chi connectivity index (χ3v) is 10.3. The minimum atomic E-state index is 0.605. The van der Waals surface area contributed by atoms with Gasteiger partial charge in [0, 0.05) is 44.4 Å². The van der Waals surface area contributed by atoms with Gasteiger partial charge in [0.05, 0.1) is 11.4 Å². The molecule has 0 amide bonds. The number of para-hydroxylation sites is 3. The quantitative estimate of drug-likeness (QED) is 0.173. The summed E-state index contributed by atoms with van der Waals surface area (Å²) >= 11 is 0. The highest BCUT2D eigenvalue weighted by molar-refractivity contribution is 6.11. The molecule has 0 bridgehead atoms. The number of oxazole rings is 1. The van der Waals surface area contributed by atoms with Crippen LogP contribution in [-0.4, -0.2) is 4.98 Å². The van der Waals surface area contributed by atoms with Crippen molar-refractivity contribution in [3.63, 3.8) is 0 Å². The number of benzene rings is 8. The first-order chi connectivity index (χ1) is 26.7. The molecular weight excluding hydrogens is 665 g/mol. The van der Waals surface area contributed by atoms with Crippen LogP contribution >= 0.6 is 0 Å². The second-order valence-electron chi connectivity index (χ2n) is 13.5. The van der Waals surface area contributed by atoms with Crippen molar-refractivity contribution in [2.75, 3.05) is 4.90 Å². The van der Waals surface area contributed by atoms with Gasteiger partial charge in [-0.05, 0) is 83.4 Å². The molecule has 0 aliphatic rings. The number of aromatic nitrogens is 1. The van der Waals surface area contributed by atoms with Gasteiger partial charge in [-0.2, -0.15) is 0 Å². The minimum absolute atomic E-state index is 0.605. The van der Waals surface area contributed by atoms with E-state index in [1.54, 1.807) is 0 Å². The molecule has 11 rings (SSSR count). The molecule has 0 fully saturated rings. The zero-order valence-corrected chi connectivity index (χ0v) is 28.9. The second kappa shape index (κ2) is 12.1. The third-order valence-electron chi connectivity index (χ3n) is 10.3. The molecule has 3 aromatic heterocycles. The van der Waals surface area contributed by atoms with Crippen molar-refractivity contribution in [2.45, 2.75) is 0 Å². The summed E-state index contributed by atoms with van der Waals surface area (Å²) in [7, 11) is 0. The van der Waals surface area contributed by atoms with Crippen molar-refractivity contribution in [3.8, 4) is 33.7 Å². The maximum Gasteiger partial charge on any atom is 0.227 e. The SMILES string of the molecule is c1ccc(-c2ccc(N(c3ccc4c(c3)oc3cc(-c5cccc6oc(-c7ccccc7)nc56)ccc34)c3cccc4c3oc3ccccc34)cc2)cc1. The molecular formula is C49H30N2O3. The summed E-state index contributed by atoms with van der Waals surface area (Å²) in [5.74, 6) is 0.605. The number of hydrogen-bond donors (Lipinski definition) is 0. The van der Waals surface area contributed by atoms with Crippen LogP contribution in [0.25, 0.3) is 88.7 Å². The highest BCUT2D eigenvalue weighted by Crippen LogP contribution is 2.44. The lowest BCUT2D eigenvalue weighted by Gasteiger charge is -2.25. The van der Waals surface area contributed by atoms with Crippen LogP contribution in [0.1, 0.15) is 0 Å². The smallest absolute Gasteiger partial charge is 0.227 e. The standard InChI is InChI=1S/C49H30N2O3/c1-3-11-31(12-4-1)32-21-24-35(25-22-32)51(42-18-9-17-41-38-15-7-8-19-43(38)53-48(41)42)36-26-28-40-39-27-23-34(29-45(39)52-46(40)30-36)37-16-10-20-44-47(37)50-49(54-44)33-13-5-2-6-14-33/h1-30H. The lowest BCUT2D eigenvalue weighted by Crippen LogP contribution is -2.10. The average molecular weight is 695 g/mol. The van der Waals surface area contributed by atoms with Gasteiger partial charge in [0.1, 0.15) is 22.3 Å². The molecule has 5 nitrogen and oxygen atoms in total. The number of nitrogens with zero attached hydrogens (tertiary/aromatic N) is 2. The monoisotopic (exact) mass is 694 g/mol. The zero-order valence-electron chi connectivity index (χ0n) is 28.9. The van der Waals surface area contributed by atoms with Crippen molar-refractivity contribution >= 4 is 72.0 Å². The van der Waals surface area contributed by atoms with Gasteiger partial charge in [-0.25, -0.2) is 4.98 Å². The highest BCUT2D eigenvalue weighted by atomic mass is 16.3. The van der Waals surface area contributed by atoms with Gasteiger partial charge in [-0.15, -0.1) is 0 Å². The Bertz CT molecular complexity index is 3160. The van der Waals surface area contributed by atoms with Crippen molar-refractivity contribution in [3.05, 3.63) is 182 Å². The van der Waals surface area contributed by atoms with Gasteiger partial charge in [0.25, 0.3) is 0 Å². The second-order valence-corrected chi connectivity index (χ2v) is 13.5. The van der Waals surface area contributed by atoms with E-state index >= 15 is 0 Å². The van der Waals surface area contributed by atoms with E-state index in [2.05, 4.69) is 126 Å². The molecule has 0 aliphatic heterocycles. The molecule has 0 radical (unpaired) electrons. The Hall–Kier alpha value is -7.37. The molecule has 54 heavy (non-hydrogen) atoms. The van der Waals surface area contributed by atoms with Crippen LogP contribution < -0.4 is 4.90 Å². The van der Waals surface area contributed by atoms with E-state index in [0.29, 0.717) is 5.89 Å². The van der Waals surface area contributed by atoms with E-state index in [1.165, 1.54) is 5.56 Å². The van der Waals surface area contributed by atoms with E-state index in [1.807, 2.05) is 60.7 Å². The Morgan fingerprint density at radius 3 is 1.81 bits per heavy atom. The topological polar surface area (TPSA) is 55.6 Å². The number of fused-ring (bicyclic) bond motifs is 7. The Labute approximate surface area is 309 Å². The molecule has 8 aromatic carbocycles. The van der Waals surface area contributed by atoms with Gasteiger partial charge < -0.3 is 18.2 Å². The lowest BCUT2D eigenvalue weighted by molar-refractivity contribution is 0.620. The molecule has 11 aromatic rings. The van der Waals surface area contributed by atoms with Crippen molar-refractivity contribution in [1.82, 2.24) is 4.98 Å². The summed E-state index contributed by atoms with van der Waals surface area (Å²) in [5.41, 5.74) is 13.1. The minimum Gasteiger partial charge on any atom is -0.456 e. The molecule has 3 heterocycles. The summed E-state index contributed by atoms with van der Waals surface area (Å²) < 4.78 is 19.4. The molecule has 0 spiro atoms. The Morgan fingerprint density at radius 1 is 0.370 bits per heavy atom. The molecule has 0 saturated carbocycles. The first-order valence-corrected chi connectivity index (χ1v) is 18.0. The maximum atomic E-state index is 6.68. The van der Waals surface area contributed by atoms with Crippen LogP contribution in [-0.2, 0) is 0 Å². The van der Waals surface area contributed by atoms with Crippen LogP contribution in [0.15, 0.2) is 195 Å². The molecule has 254 valence electrons. The summed E-state index contributed by atoms with van der Waals surface area (Å²) in [4.78, 5) is 7.18. The fraction of sp³-hybridized carbons (Fsp3) is 0. The van der Waals surface area contributed by atoms with E-state index in [9.17, 15) is 0 Å². The number of rotatable bonds is 6. The van der Waals surface area contributed by atoms with E-state index < -0.39 is 0 Å². The van der Waals surface area contributed by atoms with Gasteiger partial charge in [0.2, 0.25) is 5.89 Å². The predicted molar refractivity (Wildman–Crippen MR) is 220 cm³/mol. The Balaban J connectivity index is 1.04. The van der Waals surface area contributed by atoms with Crippen LogP contribution in [0.2, 0.25) is 0 Å². The molecule has 5 heteroatoms. The van der Waals surface area contributed by atoms with Crippen LogP contribution in [0.4, 0.5) is 17.1 Å². The first-order valence-electron chi connectivity index (χ1n) is 18.0. The predicted octanol–water partition coefficient (Wildman–Crippen LogP) is 14.1. The number of hydrogen-bond acceptors (Lipinski definition) is 5. The molecule has 0 saturated heterocycles. The largest absolute Gasteiger partial charge is 0.456 e. The van der Waals surface area contributed by atoms with Crippen LogP contribution in [0.5, 0.6) is 0 Å². The summed E-state index contributed by atoms with van der Waals surface area (Å²) in [6.07, 6.45) is 0. The van der Waals surface area contributed by atoms with Crippen molar-refractivity contribution in [1.29, 1.82) is 0 Å². The van der Waals surface area contributed by atoms with E-state index in [0.717, 1.165) is 94.3 Å². The number of anilines is 3. The fourth-order valence-corrected chi connectivity index (χ4v) is 7.73. The van der Waals surface area contributed by atoms with Crippen LogP contribution in [0.3, 0.4) is 0 Å². The summed E-state index contributed by atoms with van der Waals surface area (Å²) in [5, 5.41) is 4.27. The lowest BCUT2D eigenvalue weighted by atomic mass is 10.0. The van der Waals surface area contributed by atoms with E-state index in [4.69, 9.17) is 18.2 Å². The van der Waals surface area contributed by atoms with Crippen molar-refractivity contribution in [2.24, 2.45) is 0 Å². The van der Waals surface area contributed by atoms with E-state index in [-0.39, 0.29) is 0 Å². The Kier molecular flexibility index (Phi) is 6.79. The summed E-state index contributed by atoms with van der Waals surface area (Å²) in [6, 6.07) is 62.6. The molecule has 0 atom stereocenters. The maximum absolute atomic E-state index is 6.68.